The number of rotatable bonds is 3. The Kier molecular flexibility index (Phi) is 3.64. The molecule has 5 heteroatoms. The minimum atomic E-state index is 0.647. The van der Waals surface area contributed by atoms with Gasteiger partial charge in [0.2, 0.25) is 6.41 Å². The van der Waals surface area contributed by atoms with E-state index in [-0.39, 0.29) is 0 Å². The molecule has 86 valence electrons. The van der Waals surface area contributed by atoms with Crippen LogP contribution >= 0.6 is 11.6 Å². The first-order chi connectivity index (χ1) is 7.83. The molecule has 0 aromatic heterocycles. The number of carbonyl (C=O) groups is 1. The van der Waals surface area contributed by atoms with Gasteiger partial charge in [-0.1, -0.05) is 17.7 Å². The van der Waals surface area contributed by atoms with Crippen LogP contribution in [-0.4, -0.2) is 32.7 Å². The number of para-hydroxylation sites is 1. The molecular formula is C11H13ClN2O2. The Morgan fingerprint density at radius 2 is 2.12 bits per heavy atom. The van der Waals surface area contributed by atoms with Crippen molar-refractivity contribution in [3.8, 4) is 0 Å². The monoisotopic (exact) mass is 240 g/mol. The standard InChI is InChI=1S/C11H13ClN2O2/c12-9-2-1-3-10(13-8-15)11(9)14-4-6-16-7-5-14/h1-3,8H,4-7H2,(H,13,15). The molecule has 1 saturated heterocycles. The van der Waals surface area contributed by atoms with E-state index < -0.39 is 0 Å². The molecule has 1 aromatic carbocycles. The maximum atomic E-state index is 10.5. The van der Waals surface area contributed by atoms with Crippen LogP contribution in [0.25, 0.3) is 0 Å². The third-order valence-electron chi connectivity index (χ3n) is 2.53. The van der Waals surface area contributed by atoms with Gasteiger partial charge in [-0.05, 0) is 12.1 Å². The maximum absolute atomic E-state index is 10.5. The van der Waals surface area contributed by atoms with Crippen molar-refractivity contribution in [3.05, 3.63) is 23.2 Å². The highest BCUT2D eigenvalue weighted by Gasteiger charge is 2.17. The molecule has 0 unspecified atom stereocenters. The van der Waals surface area contributed by atoms with Crippen molar-refractivity contribution in [1.82, 2.24) is 0 Å². The smallest absolute Gasteiger partial charge is 0.211 e. The Morgan fingerprint density at radius 3 is 2.81 bits per heavy atom. The van der Waals surface area contributed by atoms with Gasteiger partial charge >= 0.3 is 0 Å². The Balaban J connectivity index is 2.31. The summed E-state index contributed by atoms with van der Waals surface area (Å²) in [6.45, 7) is 2.95. The number of benzene rings is 1. The molecule has 1 heterocycles. The van der Waals surface area contributed by atoms with Gasteiger partial charge in [0.15, 0.2) is 0 Å². The number of anilines is 2. The minimum absolute atomic E-state index is 0.647. The lowest BCUT2D eigenvalue weighted by Gasteiger charge is -2.31. The van der Waals surface area contributed by atoms with E-state index >= 15 is 0 Å². The summed E-state index contributed by atoms with van der Waals surface area (Å²) >= 11 is 6.16. The maximum Gasteiger partial charge on any atom is 0.211 e. The number of ether oxygens (including phenoxy) is 1. The summed E-state index contributed by atoms with van der Waals surface area (Å²) in [7, 11) is 0. The van der Waals surface area contributed by atoms with Crippen LogP contribution in [0.15, 0.2) is 18.2 Å². The van der Waals surface area contributed by atoms with Crippen molar-refractivity contribution in [2.45, 2.75) is 0 Å². The second-order valence-electron chi connectivity index (χ2n) is 3.50. The average Bonchev–Trinajstić information content (AvgIpc) is 2.31. The number of morpholine rings is 1. The van der Waals surface area contributed by atoms with Crippen LogP contribution in [-0.2, 0) is 9.53 Å². The molecule has 0 atom stereocenters. The Labute approximate surface area is 99.1 Å². The summed E-state index contributed by atoms with van der Waals surface area (Å²) in [6.07, 6.45) is 0.662. The SMILES string of the molecule is O=CNc1cccc(Cl)c1N1CCOCC1. The largest absolute Gasteiger partial charge is 0.378 e. The van der Waals surface area contributed by atoms with E-state index in [1.807, 2.05) is 18.2 Å². The minimum Gasteiger partial charge on any atom is -0.378 e. The molecular weight excluding hydrogens is 228 g/mol. The fourth-order valence-corrected chi connectivity index (χ4v) is 2.10. The summed E-state index contributed by atoms with van der Waals surface area (Å²) in [5.41, 5.74) is 1.61. The molecule has 1 N–H and O–H groups in total. The van der Waals surface area contributed by atoms with E-state index in [0.29, 0.717) is 24.6 Å². The summed E-state index contributed by atoms with van der Waals surface area (Å²) in [5.74, 6) is 0. The van der Waals surface area contributed by atoms with Gasteiger partial charge in [-0.2, -0.15) is 0 Å². The highest BCUT2D eigenvalue weighted by atomic mass is 35.5. The fraction of sp³-hybridized carbons (Fsp3) is 0.364. The van der Waals surface area contributed by atoms with Crippen molar-refractivity contribution in [2.75, 3.05) is 36.5 Å². The van der Waals surface area contributed by atoms with Gasteiger partial charge in [0, 0.05) is 13.1 Å². The molecule has 1 aromatic rings. The number of hydrogen-bond donors (Lipinski definition) is 1. The Bertz CT molecular complexity index is 378. The van der Waals surface area contributed by atoms with E-state index in [0.717, 1.165) is 24.5 Å². The molecule has 0 radical (unpaired) electrons. The number of nitrogens with one attached hydrogen (secondary N) is 1. The molecule has 0 saturated carbocycles. The second-order valence-corrected chi connectivity index (χ2v) is 3.90. The zero-order valence-corrected chi connectivity index (χ0v) is 9.54. The summed E-state index contributed by atoms with van der Waals surface area (Å²) < 4.78 is 5.29. The first-order valence-electron chi connectivity index (χ1n) is 5.14. The zero-order chi connectivity index (χ0) is 11.4. The summed E-state index contributed by atoms with van der Waals surface area (Å²) in [6, 6.07) is 5.48. The van der Waals surface area contributed by atoms with Gasteiger partial charge < -0.3 is 15.0 Å². The normalized spacial score (nSPS) is 15.9. The third kappa shape index (κ3) is 2.28. The van der Waals surface area contributed by atoms with Crippen LogP contribution in [0, 0.1) is 0 Å². The highest BCUT2D eigenvalue weighted by molar-refractivity contribution is 6.34. The van der Waals surface area contributed by atoms with Crippen LogP contribution in [0.5, 0.6) is 0 Å². The van der Waals surface area contributed by atoms with Crippen LogP contribution in [0.2, 0.25) is 5.02 Å². The van der Waals surface area contributed by atoms with Crippen molar-refractivity contribution in [1.29, 1.82) is 0 Å². The molecule has 0 spiro atoms. The molecule has 4 nitrogen and oxygen atoms in total. The lowest BCUT2D eigenvalue weighted by Crippen LogP contribution is -2.36. The predicted molar refractivity (Wildman–Crippen MR) is 64.2 cm³/mol. The molecule has 1 aliphatic heterocycles. The number of nitrogens with zero attached hydrogens (tertiary/aromatic N) is 1. The van der Waals surface area contributed by atoms with Crippen molar-refractivity contribution >= 4 is 29.4 Å². The number of carbonyl (C=O) groups excluding carboxylic acids is 1. The third-order valence-corrected chi connectivity index (χ3v) is 2.83. The van der Waals surface area contributed by atoms with Crippen LogP contribution in [0.3, 0.4) is 0 Å². The van der Waals surface area contributed by atoms with E-state index in [1.54, 1.807) is 0 Å². The summed E-state index contributed by atoms with van der Waals surface area (Å²) in [4.78, 5) is 12.6. The quantitative estimate of drug-likeness (QED) is 0.819. The van der Waals surface area contributed by atoms with Gasteiger partial charge in [-0.3, -0.25) is 4.79 Å². The van der Waals surface area contributed by atoms with Crippen molar-refractivity contribution < 1.29 is 9.53 Å². The average molecular weight is 241 g/mol. The van der Waals surface area contributed by atoms with E-state index in [2.05, 4.69) is 10.2 Å². The molecule has 0 bridgehead atoms. The number of hydrogen-bond acceptors (Lipinski definition) is 3. The first kappa shape index (κ1) is 11.2. The number of amides is 1. The molecule has 1 amide bonds. The predicted octanol–water partition coefficient (Wildman–Crippen LogP) is 1.74. The molecule has 16 heavy (non-hydrogen) atoms. The summed E-state index contributed by atoms with van der Waals surface area (Å²) in [5, 5.41) is 3.31. The van der Waals surface area contributed by atoms with Crippen molar-refractivity contribution in [3.63, 3.8) is 0 Å². The van der Waals surface area contributed by atoms with Gasteiger partial charge in [-0.15, -0.1) is 0 Å². The highest BCUT2D eigenvalue weighted by Crippen LogP contribution is 2.33. The van der Waals surface area contributed by atoms with E-state index in [4.69, 9.17) is 16.3 Å². The lowest BCUT2D eigenvalue weighted by atomic mass is 10.2. The molecule has 1 fully saturated rings. The van der Waals surface area contributed by atoms with E-state index in [9.17, 15) is 4.79 Å². The van der Waals surface area contributed by atoms with Crippen molar-refractivity contribution in [2.24, 2.45) is 0 Å². The van der Waals surface area contributed by atoms with Gasteiger partial charge in [0.05, 0.1) is 29.6 Å². The zero-order valence-electron chi connectivity index (χ0n) is 8.78. The van der Waals surface area contributed by atoms with Crippen LogP contribution in [0.4, 0.5) is 11.4 Å². The van der Waals surface area contributed by atoms with Crippen LogP contribution in [0.1, 0.15) is 0 Å². The van der Waals surface area contributed by atoms with Crippen LogP contribution < -0.4 is 10.2 Å². The molecule has 1 aliphatic rings. The van der Waals surface area contributed by atoms with Gasteiger partial charge in [0.25, 0.3) is 0 Å². The van der Waals surface area contributed by atoms with E-state index in [1.165, 1.54) is 0 Å². The molecule has 2 rings (SSSR count). The number of halogens is 1. The van der Waals surface area contributed by atoms with Gasteiger partial charge in [0.1, 0.15) is 0 Å². The lowest BCUT2D eigenvalue weighted by molar-refractivity contribution is -0.105. The van der Waals surface area contributed by atoms with Gasteiger partial charge in [-0.25, -0.2) is 0 Å². The fourth-order valence-electron chi connectivity index (χ4n) is 1.80. The second kappa shape index (κ2) is 5.18. The topological polar surface area (TPSA) is 41.6 Å². The Hall–Kier alpha value is -1.26. The Morgan fingerprint density at radius 1 is 1.38 bits per heavy atom. The molecule has 0 aliphatic carbocycles. The first-order valence-corrected chi connectivity index (χ1v) is 5.52.